The van der Waals surface area contributed by atoms with E-state index in [0.29, 0.717) is 5.88 Å². The zero-order chi connectivity index (χ0) is 10.4. The van der Waals surface area contributed by atoms with E-state index >= 15 is 0 Å². The first kappa shape index (κ1) is 10.8. The van der Waals surface area contributed by atoms with Crippen molar-refractivity contribution in [3.63, 3.8) is 0 Å². The highest BCUT2D eigenvalue weighted by molar-refractivity contribution is 6.17. The van der Waals surface area contributed by atoms with Crippen molar-refractivity contribution < 1.29 is 0 Å². The van der Waals surface area contributed by atoms with Gasteiger partial charge in [0.25, 0.3) is 0 Å². The molecule has 1 aromatic carbocycles. The molecule has 0 heterocycles. The molecule has 0 saturated carbocycles. The standard InChI is InChI=1S/C11H13ClN2/c12-7-2-1-4-9-5-3-6-10(8-9)11(13)14/h1,3-6,8H,2,7H2,(H3,13,14). The van der Waals surface area contributed by atoms with Gasteiger partial charge in [-0.25, -0.2) is 0 Å². The third-order valence-corrected chi connectivity index (χ3v) is 2.00. The van der Waals surface area contributed by atoms with Gasteiger partial charge in [0.15, 0.2) is 0 Å². The van der Waals surface area contributed by atoms with Gasteiger partial charge in [-0.05, 0) is 18.1 Å². The molecule has 0 unspecified atom stereocenters. The zero-order valence-corrected chi connectivity index (χ0v) is 8.59. The summed E-state index contributed by atoms with van der Waals surface area (Å²) in [7, 11) is 0. The number of nitrogens with one attached hydrogen (secondary N) is 1. The molecule has 0 spiro atoms. The van der Waals surface area contributed by atoms with Crippen molar-refractivity contribution in [2.24, 2.45) is 5.73 Å². The normalized spacial score (nSPS) is 10.6. The maximum absolute atomic E-state index is 7.28. The van der Waals surface area contributed by atoms with Crippen LogP contribution in [0.2, 0.25) is 0 Å². The molecule has 0 fully saturated rings. The van der Waals surface area contributed by atoms with E-state index in [-0.39, 0.29) is 5.84 Å². The Morgan fingerprint density at radius 3 is 2.93 bits per heavy atom. The van der Waals surface area contributed by atoms with Crippen molar-refractivity contribution in [2.45, 2.75) is 6.42 Å². The molecule has 0 aliphatic rings. The lowest BCUT2D eigenvalue weighted by Crippen LogP contribution is -2.10. The fraction of sp³-hybridized carbons (Fsp3) is 0.182. The van der Waals surface area contributed by atoms with Crippen molar-refractivity contribution >= 4 is 23.5 Å². The number of hydrogen-bond acceptors (Lipinski definition) is 1. The fourth-order valence-corrected chi connectivity index (χ4v) is 1.22. The molecule has 2 nitrogen and oxygen atoms in total. The lowest BCUT2D eigenvalue weighted by atomic mass is 10.1. The van der Waals surface area contributed by atoms with Crippen LogP contribution in [-0.2, 0) is 0 Å². The average molecular weight is 209 g/mol. The predicted octanol–water partition coefficient (Wildman–Crippen LogP) is 2.61. The van der Waals surface area contributed by atoms with Crippen LogP contribution in [0.3, 0.4) is 0 Å². The Kier molecular flexibility index (Phi) is 4.20. The van der Waals surface area contributed by atoms with Gasteiger partial charge in [-0.15, -0.1) is 11.6 Å². The van der Waals surface area contributed by atoms with Crippen LogP contribution in [0.15, 0.2) is 30.3 Å². The minimum Gasteiger partial charge on any atom is -0.384 e. The summed E-state index contributed by atoms with van der Waals surface area (Å²) in [4.78, 5) is 0. The van der Waals surface area contributed by atoms with E-state index in [4.69, 9.17) is 22.7 Å². The summed E-state index contributed by atoms with van der Waals surface area (Å²) >= 11 is 5.54. The lowest BCUT2D eigenvalue weighted by Gasteiger charge is -1.99. The van der Waals surface area contributed by atoms with Crippen LogP contribution in [-0.4, -0.2) is 11.7 Å². The van der Waals surface area contributed by atoms with Crippen LogP contribution < -0.4 is 5.73 Å². The summed E-state index contributed by atoms with van der Waals surface area (Å²) in [6, 6.07) is 7.56. The Labute approximate surface area is 88.9 Å². The second-order valence-corrected chi connectivity index (χ2v) is 3.30. The molecule has 0 amide bonds. The predicted molar refractivity (Wildman–Crippen MR) is 61.8 cm³/mol. The molecule has 1 aromatic rings. The average Bonchev–Trinajstić information content (AvgIpc) is 2.19. The van der Waals surface area contributed by atoms with Gasteiger partial charge in [-0.1, -0.05) is 30.4 Å². The zero-order valence-electron chi connectivity index (χ0n) is 7.83. The molecule has 0 saturated heterocycles. The quantitative estimate of drug-likeness (QED) is 0.446. The minimum atomic E-state index is 0.0950. The number of halogens is 1. The monoisotopic (exact) mass is 208 g/mol. The molecular weight excluding hydrogens is 196 g/mol. The minimum absolute atomic E-state index is 0.0950. The maximum atomic E-state index is 7.28. The van der Waals surface area contributed by atoms with Crippen LogP contribution in [0.4, 0.5) is 0 Å². The third kappa shape index (κ3) is 3.23. The summed E-state index contributed by atoms with van der Waals surface area (Å²) in [5.74, 6) is 0.723. The van der Waals surface area contributed by atoms with Gasteiger partial charge in [-0.3, -0.25) is 5.41 Å². The van der Waals surface area contributed by atoms with Gasteiger partial charge in [0.1, 0.15) is 5.84 Å². The molecule has 3 heteroatoms. The van der Waals surface area contributed by atoms with E-state index in [0.717, 1.165) is 17.5 Å². The maximum Gasteiger partial charge on any atom is 0.122 e. The van der Waals surface area contributed by atoms with Crippen LogP contribution >= 0.6 is 11.6 Å². The van der Waals surface area contributed by atoms with Crippen molar-refractivity contribution in [1.29, 1.82) is 5.41 Å². The van der Waals surface area contributed by atoms with Gasteiger partial charge in [0.05, 0.1) is 0 Å². The number of nitrogen functional groups attached to an aromatic ring is 1. The molecular formula is C11H13ClN2. The third-order valence-electron chi connectivity index (χ3n) is 1.78. The lowest BCUT2D eigenvalue weighted by molar-refractivity contribution is 1.24. The summed E-state index contributed by atoms with van der Waals surface area (Å²) in [6.45, 7) is 0. The molecule has 0 aliphatic heterocycles. The van der Waals surface area contributed by atoms with Gasteiger partial charge < -0.3 is 5.73 Å². The van der Waals surface area contributed by atoms with Crippen molar-refractivity contribution in [1.82, 2.24) is 0 Å². The van der Waals surface area contributed by atoms with Crippen LogP contribution in [0.5, 0.6) is 0 Å². The van der Waals surface area contributed by atoms with Gasteiger partial charge >= 0.3 is 0 Å². The van der Waals surface area contributed by atoms with Crippen LogP contribution in [0.25, 0.3) is 6.08 Å². The van der Waals surface area contributed by atoms with Gasteiger partial charge in [0, 0.05) is 11.4 Å². The van der Waals surface area contributed by atoms with E-state index < -0.39 is 0 Å². The van der Waals surface area contributed by atoms with E-state index in [9.17, 15) is 0 Å². The first-order chi connectivity index (χ1) is 6.74. The first-order valence-corrected chi connectivity index (χ1v) is 4.94. The summed E-state index contributed by atoms with van der Waals surface area (Å²) < 4.78 is 0. The highest BCUT2D eigenvalue weighted by Gasteiger charge is 1.95. The SMILES string of the molecule is N=C(N)c1cccc(C=CCCCl)c1. The Bertz CT molecular complexity index is 345. The number of hydrogen-bond donors (Lipinski definition) is 2. The van der Waals surface area contributed by atoms with Crippen LogP contribution in [0, 0.1) is 5.41 Å². The topological polar surface area (TPSA) is 49.9 Å². The molecule has 0 radical (unpaired) electrons. The fourth-order valence-electron chi connectivity index (χ4n) is 1.09. The van der Waals surface area contributed by atoms with Gasteiger partial charge in [0.2, 0.25) is 0 Å². The van der Waals surface area contributed by atoms with E-state index in [2.05, 4.69) is 0 Å². The van der Waals surface area contributed by atoms with E-state index in [1.165, 1.54) is 0 Å². The molecule has 0 aromatic heterocycles. The summed E-state index contributed by atoms with van der Waals surface area (Å²) in [6.07, 6.45) is 4.84. The van der Waals surface area contributed by atoms with Crippen LogP contribution in [0.1, 0.15) is 17.5 Å². The molecule has 14 heavy (non-hydrogen) atoms. The number of rotatable bonds is 4. The number of alkyl halides is 1. The summed E-state index contributed by atoms with van der Waals surface area (Å²) in [5.41, 5.74) is 7.17. The number of amidine groups is 1. The van der Waals surface area contributed by atoms with Crippen molar-refractivity contribution in [2.75, 3.05) is 5.88 Å². The smallest absolute Gasteiger partial charge is 0.122 e. The molecule has 3 N–H and O–H groups in total. The molecule has 0 atom stereocenters. The molecule has 74 valence electrons. The number of allylic oxidation sites excluding steroid dienone is 1. The van der Waals surface area contributed by atoms with Gasteiger partial charge in [-0.2, -0.15) is 0 Å². The highest BCUT2D eigenvalue weighted by Crippen LogP contribution is 2.07. The van der Waals surface area contributed by atoms with E-state index in [1.807, 2.05) is 36.4 Å². The Balaban J connectivity index is 2.78. The molecule has 1 rings (SSSR count). The summed E-state index contributed by atoms with van der Waals surface area (Å²) in [5, 5.41) is 7.28. The molecule has 0 aliphatic carbocycles. The Morgan fingerprint density at radius 1 is 1.50 bits per heavy atom. The Morgan fingerprint density at radius 2 is 2.29 bits per heavy atom. The second-order valence-electron chi connectivity index (χ2n) is 2.92. The van der Waals surface area contributed by atoms with Crippen molar-refractivity contribution in [3.05, 3.63) is 41.5 Å². The Hall–Kier alpha value is -1.28. The highest BCUT2D eigenvalue weighted by atomic mass is 35.5. The number of nitrogens with two attached hydrogens (primary N) is 1. The van der Waals surface area contributed by atoms with Crippen molar-refractivity contribution in [3.8, 4) is 0 Å². The second kappa shape index (κ2) is 5.45. The first-order valence-electron chi connectivity index (χ1n) is 4.41. The molecule has 0 bridgehead atoms. The largest absolute Gasteiger partial charge is 0.384 e. The van der Waals surface area contributed by atoms with E-state index in [1.54, 1.807) is 0 Å². The number of benzene rings is 1.